The number of carbonyl (C=O) groups is 1. The maximum Gasteiger partial charge on any atom is 0.358 e. The summed E-state index contributed by atoms with van der Waals surface area (Å²) in [5.41, 5.74) is 2.22. The summed E-state index contributed by atoms with van der Waals surface area (Å²) in [5, 5.41) is 16.0. The summed E-state index contributed by atoms with van der Waals surface area (Å²) in [7, 11) is 0. The van der Waals surface area contributed by atoms with Gasteiger partial charge in [-0.3, -0.25) is 0 Å². The van der Waals surface area contributed by atoms with Crippen molar-refractivity contribution < 1.29 is 9.90 Å². The van der Waals surface area contributed by atoms with Crippen LogP contribution in [0, 0.1) is 6.92 Å². The zero-order chi connectivity index (χ0) is 11.5. The van der Waals surface area contributed by atoms with Crippen LogP contribution in [0.25, 0.3) is 0 Å². The Morgan fingerprint density at radius 2 is 2.19 bits per heavy atom. The second-order valence-electron chi connectivity index (χ2n) is 3.53. The maximum absolute atomic E-state index is 10.6. The average molecular weight is 217 g/mol. The van der Waals surface area contributed by atoms with Crippen LogP contribution in [0.5, 0.6) is 0 Å². The molecule has 0 radical (unpaired) electrons. The number of aromatic carboxylic acids is 1. The minimum absolute atomic E-state index is 0.0337. The zero-order valence-corrected chi connectivity index (χ0v) is 8.79. The Morgan fingerprint density at radius 3 is 2.81 bits per heavy atom. The monoisotopic (exact) mass is 217 g/mol. The van der Waals surface area contributed by atoms with E-state index in [1.165, 1.54) is 10.9 Å². The van der Waals surface area contributed by atoms with Gasteiger partial charge in [0, 0.05) is 0 Å². The van der Waals surface area contributed by atoms with E-state index in [9.17, 15) is 4.79 Å². The van der Waals surface area contributed by atoms with E-state index in [2.05, 4.69) is 10.3 Å². The number of carboxylic acids is 1. The Labute approximate surface area is 92.3 Å². The predicted octanol–water partition coefficient (Wildman–Crippen LogP) is 1.33. The first-order valence-corrected chi connectivity index (χ1v) is 4.85. The highest BCUT2D eigenvalue weighted by atomic mass is 16.4. The molecule has 0 aliphatic heterocycles. The fraction of sp³-hybridized carbons (Fsp3) is 0.182. The highest BCUT2D eigenvalue weighted by molar-refractivity contribution is 5.84. The van der Waals surface area contributed by atoms with Gasteiger partial charge >= 0.3 is 5.97 Å². The SMILES string of the molecule is Cc1ccccc1Cn1cc(C(=O)O)nn1. The van der Waals surface area contributed by atoms with E-state index in [1.807, 2.05) is 31.2 Å². The van der Waals surface area contributed by atoms with Crippen LogP contribution in [0.2, 0.25) is 0 Å². The lowest BCUT2D eigenvalue weighted by Crippen LogP contribution is -2.02. The van der Waals surface area contributed by atoms with Crippen LogP contribution in [-0.2, 0) is 6.54 Å². The van der Waals surface area contributed by atoms with Gasteiger partial charge in [-0.2, -0.15) is 0 Å². The molecular formula is C11H11N3O2. The van der Waals surface area contributed by atoms with Crippen molar-refractivity contribution in [1.29, 1.82) is 0 Å². The average Bonchev–Trinajstić information content (AvgIpc) is 2.70. The first kappa shape index (κ1) is 10.4. The Morgan fingerprint density at radius 1 is 1.44 bits per heavy atom. The molecule has 5 heteroatoms. The summed E-state index contributed by atoms with van der Waals surface area (Å²) in [6, 6.07) is 7.89. The molecule has 2 rings (SSSR count). The Kier molecular flexibility index (Phi) is 2.68. The van der Waals surface area contributed by atoms with Crippen molar-refractivity contribution in [2.45, 2.75) is 13.5 Å². The first-order valence-electron chi connectivity index (χ1n) is 4.85. The summed E-state index contributed by atoms with van der Waals surface area (Å²) >= 11 is 0. The van der Waals surface area contributed by atoms with Gasteiger partial charge < -0.3 is 5.11 Å². The molecular weight excluding hydrogens is 206 g/mol. The first-order chi connectivity index (χ1) is 7.66. The predicted molar refractivity (Wildman–Crippen MR) is 57.3 cm³/mol. The molecule has 0 bridgehead atoms. The molecule has 5 nitrogen and oxygen atoms in total. The van der Waals surface area contributed by atoms with E-state index >= 15 is 0 Å². The molecule has 1 heterocycles. The van der Waals surface area contributed by atoms with E-state index in [4.69, 9.17) is 5.11 Å². The van der Waals surface area contributed by atoms with E-state index in [0.29, 0.717) is 6.54 Å². The number of hydrogen-bond acceptors (Lipinski definition) is 3. The van der Waals surface area contributed by atoms with Crippen LogP contribution < -0.4 is 0 Å². The third-order valence-electron chi connectivity index (χ3n) is 2.35. The van der Waals surface area contributed by atoms with Gasteiger partial charge in [-0.25, -0.2) is 9.48 Å². The highest BCUT2D eigenvalue weighted by Gasteiger charge is 2.08. The summed E-state index contributed by atoms with van der Waals surface area (Å²) < 4.78 is 1.52. The van der Waals surface area contributed by atoms with Crippen molar-refractivity contribution in [3.05, 3.63) is 47.3 Å². The van der Waals surface area contributed by atoms with Crippen LogP contribution in [0.3, 0.4) is 0 Å². The van der Waals surface area contributed by atoms with Gasteiger partial charge in [0.05, 0.1) is 12.7 Å². The smallest absolute Gasteiger partial charge is 0.358 e. The number of rotatable bonds is 3. The van der Waals surface area contributed by atoms with Gasteiger partial charge in [-0.05, 0) is 18.1 Å². The Balaban J connectivity index is 2.21. The summed E-state index contributed by atoms with van der Waals surface area (Å²) in [5.74, 6) is -1.06. The van der Waals surface area contributed by atoms with Gasteiger partial charge in [-0.15, -0.1) is 5.10 Å². The Bertz CT molecular complexity index is 519. The second-order valence-corrected chi connectivity index (χ2v) is 3.53. The molecule has 2 aromatic rings. The zero-order valence-electron chi connectivity index (χ0n) is 8.79. The van der Waals surface area contributed by atoms with Crippen LogP contribution in [0.15, 0.2) is 30.5 Å². The van der Waals surface area contributed by atoms with E-state index < -0.39 is 5.97 Å². The fourth-order valence-electron chi connectivity index (χ4n) is 1.44. The van der Waals surface area contributed by atoms with E-state index in [-0.39, 0.29) is 5.69 Å². The van der Waals surface area contributed by atoms with E-state index in [1.54, 1.807) is 0 Å². The van der Waals surface area contributed by atoms with Gasteiger partial charge in [0.15, 0.2) is 5.69 Å². The molecule has 0 aliphatic rings. The van der Waals surface area contributed by atoms with Gasteiger partial charge in [-0.1, -0.05) is 29.5 Å². The number of carboxylic acid groups (broad SMARTS) is 1. The van der Waals surface area contributed by atoms with Gasteiger partial charge in [0.25, 0.3) is 0 Å². The minimum Gasteiger partial charge on any atom is -0.476 e. The Hall–Kier alpha value is -2.17. The molecule has 0 saturated heterocycles. The lowest BCUT2D eigenvalue weighted by atomic mass is 10.1. The van der Waals surface area contributed by atoms with Crippen molar-refractivity contribution in [2.24, 2.45) is 0 Å². The molecule has 0 aliphatic carbocycles. The number of aryl methyl sites for hydroxylation is 1. The largest absolute Gasteiger partial charge is 0.476 e. The van der Waals surface area contributed by atoms with Crippen molar-refractivity contribution in [2.75, 3.05) is 0 Å². The molecule has 0 spiro atoms. The molecule has 0 amide bonds. The normalized spacial score (nSPS) is 10.3. The summed E-state index contributed by atoms with van der Waals surface area (Å²) in [6.45, 7) is 2.54. The van der Waals surface area contributed by atoms with Crippen molar-refractivity contribution in [3.63, 3.8) is 0 Å². The standard InChI is InChI=1S/C11H11N3O2/c1-8-4-2-3-5-9(8)6-14-7-10(11(15)16)12-13-14/h2-5,7H,6H2,1H3,(H,15,16). The van der Waals surface area contributed by atoms with E-state index in [0.717, 1.165) is 11.1 Å². The summed E-state index contributed by atoms with van der Waals surface area (Å²) in [6.07, 6.45) is 1.43. The van der Waals surface area contributed by atoms with Crippen LogP contribution >= 0.6 is 0 Å². The molecule has 82 valence electrons. The molecule has 1 aromatic heterocycles. The molecule has 0 saturated carbocycles. The maximum atomic E-state index is 10.6. The van der Waals surface area contributed by atoms with Crippen LogP contribution in [0.1, 0.15) is 21.6 Å². The van der Waals surface area contributed by atoms with Crippen molar-refractivity contribution >= 4 is 5.97 Å². The number of benzene rings is 1. The number of nitrogens with zero attached hydrogens (tertiary/aromatic N) is 3. The van der Waals surface area contributed by atoms with Crippen LogP contribution in [-0.4, -0.2) is 26.1 Å². The highest BCUT2D eigenvalue weighted by Crippen LogP contribution is 2.08. The van der Waals surface area contributed by atoms with Crippen molar-refractivity contribution in [3.8, 4) is 0 Å². The molecule has 0 atom stereocenters. The summed E-state index contributed by atoms with van der Waals surface area (Å²) in [4.78, 5) is 10.6. The molecule has 1 aromatic carbocycles. The van der Waals surface area contributed by atoms with Gasteiger partial charge in [0.2, 0.25) is 0 Å². The molecule has 1 N–H and O–H groups in total. The number of aromatic nitrogens is 3. The molecule has 16 heavy (non-hydrogen) atoms. The third kappa shape index (κ3) is 2.08. The van der Waals surface area contributed by atoms with Crippen LogP contribution in [0.4, 0.5) is 0 Å². The number of hydrogen-bond donors (Lipinski definition) is 1. The fourth-order valence-corrected chi connectivity index (χ4v) is 1.44. The van der Waals surface area contributed by atoms with Gasteiger partial charge in [0.1, 0.15) is 0 Å². The topological polar surface area (TPSA) is 68.0 Å². The third-order valence-corrected chi connectivity index (χ3v) is 2.35. The second kappa shape index (κ2) is 4.14. The lowest BCUT2D eigenvalue weighted by molar-refractivity contribution is 0.0690. The lowest BCUT2D eigenvalue weighted by Gasteiger charge is -2.03. The molecule has 0 unspecified atom stereocenters. The molecule has 0 fully saturated rings. The van der Waals surface area contributed by atoms with Crippen molar-refractivity contribution in [1.82, 2.24) is 15.0 Å². The quantitative estimate of drug-likeness (QED) is 0.842. The minimum atomic E-state index is -1.06.